The van der Waals surface area contributed by atoms with E-state index in [4.69, 9.17) is 0 Å². The van der Waals surface area contributed by atoms with E-state index in [2.05, 4.69) is 48.5 Å². The fourth-order valence-electron chi connectivity index (χ4n) is 7.82. The average Bonchev–Trinajstić information content (AvgIpc) is 2.99. The molecule has 0 heterocycles. The normalized spacial score (nSPS) is 19.3. The van der Waals surface area contributed by atoms with E-state index in [9.17, 15) is 20.4 Å². The fraction of sp³-hybridized carbons (Fsp3) is 0.333. The molecule has 4 N–H and O–H groups in total. The third kappa shape index (κ3) is 4.81. The van der Waals surface area contributed by atoms with Gasteiger partial charge in [-0.05, 0) is 134 Å². The smallest absolute Gasteiger partial charge is 0.115 e. The molecule has 0 spiro atoms. The number of hydrogen-bond acceptors (Lipinski definition) is 4. The molecule has 206 valence electrons. The minimum atomic E-state index is -0.117. The Hall–Kier alpha value is -3.92. The van der Waals surface area contributed by atoms with Gasteiger partial charge in [-0.1, -0.05) is 48.5 Å². The molecule has 0 atom stereocenters. The van der Waals surface area contributed by atoms with Crippen molar-refractivity contribution in [1.29, 1.82) is 0 Å². The van der Waals surface area contributed by atoms with Gasteiger partial charge in [-0.2, -0.15) is 0 Å². The second kappa shape index (κ2) is 10.6. The van der Waals surface area contributed by atoms with Crippen LogP contribution in [0.2, 0.25) is 0 Å². The van der Waals surface area contributed by atoms with Crippen LogP contribution in [0.1, 0.15) is 73.6 Å². The van der Waals surface area contributed by atoms with E-state index in [0.29, 0.717) is 11.8 Å². The predicted molar refractivity (Wildman–Crippen MR) is 158 cm³/mol. The zero-order valence-electron chi connectivity index (χ0n) is 22.8. The van der Waals surface area contributed by atoms with Crippen LogP contribution in [0.25, 0.3) is 0 Å². The molecule has 0 unspecified atom stereocenters. The van der Waals surface area contributed by atoms with Gasteiger partial charge in [-0.25, -0.2) is 0 Å². The van der Waals surface area contributed by atoms with Gasteiger partial charge in [0.25, 0.3) is 0 Å². The molecule has 40 heavy (non-hydrogen) atoms. The Labute approximate surface area is 236 Å². The molecule has 0 bridgehead atoms. The second-order valence-electron chi connectivity index (χ2n) is 12.0. The molecule has 0 amide bonds. The van der Waals surface area contributed by atoms with Gasteiger partial charge in [0.2, 0.25) is 0 Å². The standard InChI is InChI=1S/C36H38O4/c37-31-9-1-27(2-10-31)35(28-3-11-32(38)12-4-28)21-17-25(18-22-35)26-19-23-36(24-20-26,29-5-13-33(39)14-6-29)30-7-15-34(40)16-8-30/h1-16,25-26,37-40H,17-24H2. The molecule has 2 fully saturated rings. The maximum absolute atomic E-state index is 9.93. The van der Waals surface area contributed by atoms with Crippen LogP contribution < -0.4 is 0 Å². The number of hydrogen-bond donors (Lipinski definition) is 4. The molecule has 4 aromatic carbocycles. The van der Waals surface area contributed by atoms with Crippen molar-refractivity contribution in [2.24, 2.45) is 11.8 Å². The summed E-state index contributed by atoms with van der Waals surface area (Å²) < 4.78 is 0. The molecule has 0 radical (unpaired) electrons. The van der Waals surface area contributed by atoms with Crippen molar-refractivity contribution >= 4 is 0 Å². The molecule has 6 rings (SSSR count). The van der Waals surface area contributed by atoms with Crippen molar-refractivity contribution in [3.8, 4) is 23.0 Å². The largest absolute Gasteiger partial charge is 0.508 e. The molecule has 0 aromatic heterocycles. The molecule has 2 saturated carbocycles. The van der Waals surface area contributed by atoms with Gasteiger partial charge in [0.15, 0.2) is 0 Å². The van der Waals surface area contributed by atoms with E-state index in [1.165, 1.54) is 22.3 Å². The first-order valence-electron chi connectivity index (χ1n) is 14.6. The van der Waals surface area contributed by atoms with Crippen LogP contribution in [0.3, 0.4) is 0 Å². The Balaban J connectivity index is 1.22. The first-order chi connectivity index (χ1) is 19.4. The van der Waals surface area contributed by atoms with Gasteiger partial charge in [0.05, 0.1) is 0 Å². The fourth-order valence-corrected chi connectivity index (χ4v) is 7.82. The van der Waals surface area contributed by atoms with Gasteiger partial charge >= 0.3 is 0 Å². The Morgan fingerprint density at radius 1 is 0.350 bits per heavy atom. The summed E-state index contributed by atoms with van der Waals surface area (Å²) in [6.07, 6.45) is 8.79. The van der Waals surface area contributed by atoms with Crippen molar-refractivity contribution in [3.63, 3.8) is 0 Å². The number of phenols is 4. The number of benzene rings is 4. The highest BCUT2D eigenvalue weighted by Crippen LogP contribution is 2.53. The lowest BCUT2D eigenvalue weighted by Gasteiger charge is -2.47. The Bertz CT molecular complexity index is 1200. The van der Waals surface area contributed by atoms with E-state index >= 15 is 0 Å². The predicted octanol–water partition coefficient (Wildman–Crippen LogP) is 8.16. The third-order valence-electron chi connectivity index (χ3n) is 10.1. The lowest BCUT2D eigenvalue weighted by Crippen LogP contribution is -2.38. The Kier molecular flexibility index (Phi) is 6.95. The molecule has 2 aliphatic carbocycles. The Morgan fingerprint density at radius 3 is 0.750 bits per heavy atom. The van der Waals surface area contributed by atoms with E-state index in [1.54, 1.807) is 48.5 Å². The molecule has 0 saturated heterocycles. The molecular weight excluding hydrogens is 496 g/mol. The summed E-state index contributed by atoms with van der Waals surface area (Å²) in [6.45, 7) is 0. The summed E-state index contributed by atoms with van der Waals surface area (Å²) >= 11 is 0. The minimum Gasteiger partial charge on any atom is -0.508 e. The van der Waals surface area contributed by atoms with E-state index in [-0.39, 0.29) is 33.8 Å². The first-order valence-corrected chi connectivity index (χ1v) is 14.6. The Morgan fingerprint density at radius 2 is 0.550 bits per heavy atom. The molecule has 0 aliphatic heterocycles. The lowest BCUT2D eigenvalue weighted by molar-refractivity contribution is 0.140. The molecule has 2 aliphatic rings. The maximum Gasteiger partial charge on any atom is 0.115 e. The maximum atomic E-state index is 9.93. The van der Waals surface area contributed by atoms with Crippen LogP contribution in [0.4, 0.5) is 0 Å². The third-order valence-corrected chi connectivity index (χ3v) is 10.1. The van der Waals surface area contributed by atoms with E-state index < -0.39 is 0 Å². The van der Waals surface area contributed by atoms with Crippen molar-refractivity contribution in [3.05, 3.63) is 119 Å². The second-order valence-corrected chi connectivity index (χ2v) is 12.0. The van der Waals surface area contributed by atoms with Gasteiger partial charge in [0.1, 0.15) is 23.0 Å². The molecule has 4 nitrogen and oxygen atoms in total. The van der Waals surface area contributed by atoms with Gasteiger partial charge in [-0.3, -0.25) is 0 Å². The zero-order chi connectivity index (χ0) is 27.7. The van der Waals surface area contributed by atoms with E-state index in [1.807, 2.05) is 0 Å². The van der Waals surface area contributed by atoms with Gasteiger partial charge in [0, 0.05) is 10.8 Å². The van der Waals surface area contributed by atoms with Gasteiger partial charge in [-0.15, -0.1) is 0 Å². The molecular formula is C36H38O4. The SMILES string of the molecule is Oc1ccc(C2(c3ccc(O)cc3)CCC(C3CCC(c4ccc(O)cc4)(c4ccc(O)cc4)CC3)CC2)cc1. The summed E-state index contributed by atoms with van der Waals surface area (Å²) in [5.74, 6) is 2.47. The summed E-state index contributed by atoms with van der Waals surface area (Å²) in [4.78, 5) is 0. The summed E-state index contributed by atoms with van der Waals surface area (Å²) in [5, 5.41) is 39.7. The van der Waals surface area contributed by atoms with E-state index in [0.717, 1.165) is 51.4 Å². The summed E-state index contributed by atoms with van der Waals surface area (Å²) in [6, 6.07) is 30.8. The van der Waals surface area contributed by atoms with Crippen LogP contribution in [0.5, 0.6) is 23.0 Å². The first kappa shape index (κ1) is 26.3. The minimum absolute atomic E-state index is 0.117. The monoisotopic (exact) mass is 534 g/mol. The number of rotatable bonds is 5. The number of aromatic hydroxyl groups is 4. The topological polar surface area (TPSA) is 80.9 Å². The van der Waals surface area contributed by atoms with Crippen molar-refractivity contribution < 1.29 is 20.4 Å². The highest BCUT2D eigenvalue weighted by atomic mass is 16.3. The van der Waals surface area contributed by atoms with Crippen molar-refractivity contribution in [1.82, 2.24) is 0 Å². The van der Waals surface area contributed by atoms with Crippen molar-refractivity contribution in [2.75, 3.05) is 0 Å². The summed E-state index contributed by atoms with van der Waals surface area (Å²) in [7, 11) is 0. The van der Waals surface area contributed by atoms with Crippen LogP contribution in [-0.2, 0) is 10.8 Å². The van der Waals surface area contributed by atoms with Crippen molar-refractivity contribution in [2.45, 2.75) is 62.2 Å². The number of phenolic OH excluding ortho intramolecular Hbond substituents is 4. The average molecular weight is 535 g/mol. The highest BCUT2D eigenvalue weighted by Gasteiger charge is 2.44. The molecule has 4 aromatic rings. The van der Waals surface area contributed by atoms with Crippen LogP contribution >= 0.6 is 0 Å². The highest BCUT2D eigenvalue weighted by molar-refractivity contribution is 5.45. The van der Waals surface area contributed by atoms with Crippen LogP contribution in [0, 0.1) is 11.8 Å². The van der Waals surface area contributed by atoms with Crippen LogP contribution in [-0.4, -0.2) is 20.4 Å². The molecule has 4 heteroatoms. The quantitative estimate of drug-likeness (QED) is 0.208. The van der Waals surface area contributed by atoms with Crippen LogP contribution in [0.15, 0.2) is 97.1 Å². The van der Waals surface area contributed by atoms with Gasteiger partial charge < -0.3 is 20.4 Å². The summed E-state index contributed by atoms with van der Waals surface area (Å²) in [5.41, 5.74) is 4.70. The lowest BCUT2D eigenvalue weighted by atomic mass is 9.57. The zero-order valence-corrected chi connectivity index (χ0v) is 22.8.